The molecule has 0 bridgehead atoms. The molecule has 0 atom stereocenters. The van der Waals surface area contributed by atoms with E-state index in [0.29, 0.717) is 6.54 Å². The van der Waals surface area contributed by atoms with E-state index in [4.69, 9.17) is 0 Å². The third-order valence-corrected chi connectivity index (χ3v) is 1.08. The average Bonchev–Trinajstić information content (AvgIpc) is 1.82. The van der Waals surface area contributed by atoms with Crippen molar-refractivity contribution in [3.63, 3.8) is 0 Å². The zero-order chi connectivity index (χ0) is 8.15. The van der Waals surface area contributed by atoms with Crippen molar-refractivity contribution in [2.24, 2.45) is 0 Å². The van der Waals surface area contributed by atoms with E-state index in [1.165, 1.54) is 6.92 Å². The summed E-state index contributed by atoms with van der Waals surface area (Å²) in [4.78, 5) is 12.0. The predicted molar refractivity (Wildman–Crippen MR) is 37.3 cm³/mol. The van der Waals surface area contributed by atoms with Gasteiger partial charge in [0, 0.05) is 6.54 Å². The van der Waals surface area contributed by atoms with E-state index in [2.05, 4.69) is 0 Å². The van der Waals surface area contributed by atoms with Crippen molar-refractivity contribution >= 4 is 5.97 Å². The quantitative estimate of drug-likeness (QED) is 0.306. The van der Waals surface area contributed by atoms with Gasteiger partial charge in [0.15, 0.2) is 0 Å². The number of carboxylic acids is 1. The summed E-state index contributed by atoms with van der Waals surface area (Å²) in [5.41, 5.74) is 0.286. The molecule has 0 aromatic carbocycles. The molecule has 0 aromatic rings. The molecule has 0 saturated carbocycles. The first kappa shape index (κ1) is 13.4. The SMILES string of the molecule is C/C(=C\CN(C)C)C(=O)[O-].[Li+]. The summed E-state index contributed by atoms with van der Waals surface area (Å²) in [6.45, 7) is 2.17. The van der Waals surface area contributed by atoms with Gasteiger partial charge in [0.1, 0.15) is 0 Å². The first-order valence-electron chi connectivity index (χ1n) is 3.07. The van der Waals surface area contributed by atoms with Crippen molar-refractivity contribution in [2.75, 3.05) is 20.6 Å². The number of likely N-dealkylation sites (N-methyl/N-ethyl adjacent to an activating group) is 1. The number of hydrogen-bond donors (Lipinski definition) is 0. The van der Waals surface area contributed by atoms with Crippen LogP contribution in [0, 0.1) is 0 Å². The normalized spacial score (nSPS) is 11.1. The zero-order valence-electron chi connectivity index (χ0n) is 7.55. The number of carbonyl (C=O) groups is 1. The Kier molecular flexibility index (Phi) is 7.87. The van der Waals surface area contributed by atoms with Gasteiger partial charge >= 0.3 is 18.9 Å². The fourth-order valence-corrected chi connectivity index (χ4v) is 0.403. The summed E-state index contributed by atoms with van der Waals surface area (Å²) in [7, 11) is 3.75. The second-order valence-electron chi connectivity index (χ2n) is 2.44. The molecule has 0 N–H and O–H groups in total. The molecule has 3 nitrogen and oxygen atoms in total. The van der Waals surface area contributed by atoms with Crippen LogP contribution in [-0.4, -0.2) is 31.5 Å². The summed E-state index contributed by atoms with van der Waals surface area (Å²) in [5, 5.41) is 10.1. The number of hydrogen-bond acceptors (Lipinski definition) is 3. The van der Waals surface area contributed by atoms with Crippen LogP contribution in [-0.2, 0) is 4.79 Å². The van der Waals surface area contributed by atoms with E-state index in [1.807, 2.05) is 19.0 Å². The second-order valence-corrected chi connectivity index (χ2v) is 2.44. The molecular weight excluding hydrogens is 137 g/mol. The van der Waals surface area contributed by atoms with E-state index >= 15 is 0 Å². The van der Waals surface area contributed by atoms with Crippen molar-refractivity contribution in [3.05, 3.63) is 11.6 Å². The Bertz CT molecular complexity index is 155. The van der Waals surface area contributed by atoms with Crippen LogP contribution in [0.5, 0.6) is 0 Å². The molecule has 0 saturated heterocycles. The minimum Gasteiger partial charge on any atom is -0.545 e. The van der Waals surface area contributed by atoms with Gasteiger partial charge in [0.25, 0.3) is 0 Å². The molecule has 58 valence electrons. The smallest absolute Gasteiger partial charge is 0.545 e. The Morgan fingerprint density at radius 3 is 2.27 bits per heavy atom. The predicted octanol–water partition coefficient (Wildman–Crippen LogP) is -3.75. The van der Waals surface area contributed by atoms with Crippen LogP contribution >= 0.6 is 0 Å². The molecule has 0 radical (unpaired) electrons. The average molecular weight is 149 g/mol. The number of carboxylic acid groups (broad SMARTS) is 1. The van der Waals surface area contributed by atoms with Crippen LogP contribution < -0.4 is 24.0 Å². The minimum atomic E-state index is -1.10. The second kappa shape index (κ2) is 6.48. The first-order chi connectivity index (χ1) is 4.54. The van der Waals surface area contributed by atoms with Crippen LogP contribution in [0.1, 0.15) is 6.92 Å². The summed E-state index contributed by atoms with van der Waals surface area (Å²) < 4.78 is 0. The van der Waals surface area contributed by atoms with E-state index < -0.39 is 5.97 Å². The van der Waals surface area contributed by atoms with Gasteiger partial charge in [0.05, 0.1) is 5.97 Å². The Morgan fingerprint density at radius 2 is 2.00 bits per heavy atom. The standard InChI is InChI=1S/C7H13NO2.Li/c1-6(7(9)10)4-5-8(2)3;/h4H,5H2,1-3H3,(H,9,10);/q;+1/p-1/b6-4+;. The molecule has 11 heavy (non-hydrogen) atoms. The monoisotopic (exact) mass is 149 g/mol. The Balaban J connectivity index is 0. The van der Waals surface area contributed by atoms with Crippen LogP contribution in [0.3, 0.4) is 0 Å². The maximum atomic E-state index is 10.1. The Morgan fingerprint density at radius 1 is 1.55 bits per heavy atom. The van der Waals surface area contributed by atoms with Crippen LogP contribution in [0.15, 0.2) is 11.6 Å². The zero-order valence-corrected chi connectivity index (χ0v) is 7.55. The largest absolute Gasteiger partial charge is 1.00 e. The Labute approximate surface area is 79.3 Å². The van der Waals surface area contributed by atoms with E-state index in [0.717, 1.165) is 0 Å². The summed E-state index contributed by atoms with van der Waals surface area (Å²) in [6, 6.07) is 0. The molecule has 0 heterocycles. The molecule has 0 aliphatic rings. The van der Waals surface area contributed by atoms with E-state index in [-0.39, 0.29) is 24.4 Å². The van der Waals surface area contributed by atoms with Gasteiger partial charge in [-0.05, 0) is 26.6 Å². The van der Waals surface area contributed by atoms with Crippen molar-refractivity contribution in [1.82, 2.24) is 4.90 Å². The topological polar surface area (TPSA) is 43.4 Å². The molecule has 4 heteroatoms. The molecule has 0 unspecified atom stereocenters. The molecule has 0 rings (SSSR count). The van der Waals surface area contributed by atoms with Crippen molar-refractivity contribution in [3.8, 4) is 0 Å². The third-order valence-electron chi connectivity index (χ3n) is 1.08. The number of aliphatic carboxylic acids is 1. The summed E-state index contributed by atoms with van der Waals surface area (Å²) in [5.74, 6) is -1.10. The molecular formula is C7H12LiNO2. The molecule has 0 aliphatic carbocycles. The van der Waals surface area contributed by atoms with Gasteiger partial charge in [-0.25, -0.2) is 0 Å². The van der Waals surface area contributed by atoms with Crippen LogP contribution in [0.25, 0.3) is 0 Å². The number of rotatable bonds is 3. The number of carbonyl (C=O) groups excluding carboxylic acids is 1. The maximum absolute atomic E-state index is 10.1. The molecule has 0 aromatic heterocycles. The fraction of sp³-hybridized carbons (Fsp3) is 0.571. The van der Waals surface area contributed by atoms with Gasteiger partial charge < -0.3 is 14.8 Å². The fourth-order valence-electron chi connectivity index (χ4n) is 0.403. The molecule has 0 spiro atoms. The molecule has 0 fully saturated rings. The van der Waals surface area contributed by atoms with Crippen molar-refractivity contribution in [2.45, 2.75) is 6.92 Å². The number of nitrogens with zero attached hydrogens (tertiary/aromatic N) is 1. The van der Waals surface area contributed by atoms with Gasteiger partial charge in [-0.1, -0.05) is 6.08 Å². The maximum Gasteiger partial charge on any atom is 1.00 e. The van der Waals surface area contributed by atoms with Crippen LogP contribution in [0.2, 0.25) is 0 Å². The third kappa shape index (κ3) is 7.67. The summed E-state index contributed by atoms with van der Waals surface area (Å²) >= 11 is 0. The molecule has 0 aliphatic heterocycles. The minimum absolute atomic E-state index is 0. The van der Waals surface area contributed by atoms with Gasteiger partial charge in [-0.3, -0.25) is 0 Å². The van der Waals surface area contributed by atoms with Crippen molar-refractivity contribution in [1.29, 1.82) is 0 Å². The Hall–Kier alpha value is -0.233. The van der Waals surface area contributed by atoms with Gasteiger partial charge in [-0.15, -0.1) is 0 Å². The van der Waals surface area contributed by atoms with Crippen molar-refractivity contribution < 1.29 is 28.8 Å². The summed E-state index contributed by atoms with van der Waals surface area (Å²) in [6.07, 6.45) is 1.62. The van der Waals surface area contributed by atoms with Crippen LogP contribution in [0.4, 0.5) is 0 Å². The van der Waals surface area contributed by atoms with Gasteiger partial charge in [-0.2, -0.15) is 0 Å². The van der Waals surface area contributed by atoms with Gasteiger partial charge in [0.2, 0.25) is 0 Å². The first-order valence-corrected chi connectivity index (χ1v) is 3.07. The molecule has 0 amide bonds. The van der Waals surface area contributed by atoms with E-state index in [1.54, 1.807) is 6.08 Å². The van der Waals surface area contributed by atoms with E-state index in [9.17, 15) is 9.90 Å².